The quantitative estimate of drug-likeness (QED) is 0.821. The van der Waals surface area contributed by atoms with Gasteiger partial charge in [-0.1, -0.05) is 30.5 Å². The molecule has 0 unspecified atom stereocenters. The molecule has 0 saturated heterocycles. The smallest absolute Gasteiger partial charge is 0.244 e. The number of aliphatic hydroxyl groups excluding tert-OH is 1. The van der Waals surface area contributed by atoms with Gasteiger partial charge in [0.15, 0.2) is 0 Å². The van der Waals surface area contributed by atoms with E-state index >= 15 is 0 Å². The fraction of sp³-hybridized carbons (Fsp3) is 0.438. The molecule has 1 aliphatic carbocycles. The summed E-state index contributed by atoms with van der Waals surface area (Å²) in [7, 11) is 0. The summed E-state index contributed by atoms with van der Waals surface area (Å²) < 4.78 is 13.5. The summed E-state index contributed by atoms with van der Waals surface area (Å²) >= 11 is 5.88. The van der Waals surface area contributed by atoms with Crippen molar-refractivity contribution in [1.29, 1.82) is 0 Å². The van der Waals surface area contributed by atoms with E-state index in [1.807, 2.05) is 0 Å². The number of benzene rings is 1. The molecule has 0 atom stereocenters. The van der Waals surface area contributed by atoms with Crippen molar-refractivity contribution in [2.75, 3.05) is 13.2 Å². The Morgan fingerprint density at radius 3 is 2.76 bits per heavy atom. The van der Waals surface area contributed by atoms with Gasteiger partial charge in [0.05, 0.1) is 11.6 Å². The van der Waals surface area contributed by atoms with E-state index in [1.165, 1.54) is 24.3 Å². The van der Waals surface area contributed by atoms with Crippen LogP contribution in [-0.2, 0) is 4.79 Å². The lowest BCUT2D eigenvalue weighted by Gasteiger charge is -2.26. The Hall–Kier alpha value is -1.39. The van der Waals surface area contributed by atoms with Crippen molar-refractivity contribution in [2.45, 2.75) is 25.7 Å². The number of halogens is 2. The zero-order chi connectivity index (χ0) is 15.3. The van der Waals surface area contributed by atoms with Crippen LogP contribution in [0.15, 0.2) is 24.3 Å². The van der Waals surface area contributed by atoms with Crippen molar-refractivity contribution in [3.8, 4) is 0 Å². The van der Waals surface area contributed by atoms with E-state index in [2.05, 4.69) is 5.32 Å². The lowest BCUT2D eigenvalue weighted by molar-refractivity contribution is -0.117. The van der Waals surface area contributed by atoms with Crippen molar-refractivity contribution in [2.24, 2.45) is 5.41 Å². The fourth-order valence-corrected chi connectivity index (χ4v) is 2.90. The summed E-state index contributed by atoms with van der Waals surface area (Å²) in [5, 5.41) is 12.5. The van der Waals surface area contributed by atoms with E-state index in [0.29, 0.717) is 6.54 Å². The van der Waals surface area contributed by atoms with Crippen LogP contribution >= 0.6 is 11.6 Å². The molecule has 0 aromatic heterocycles. The van der Waals surface area contributed by atoms with Crippen LogP contribution in [0, 0.1) is 11.2 Å². The Labute approximate surface area is 128 Å². The second kappa shape index (κ2) is 7.05. The first-order valence-corrected chi connectivity index (χ1v) is 7.45. The van der Waals surface area contributed by atoms with Crippen LogP contribution in [0.4, 0.5) is 4.39 Å². The SMILES string of the molecule is O=C(/C=C/c1c(F)cccc1Cl)NCC1(CO)CCCC1. The van der Waals surface area contributed by atoms with E-state index < -0.39 is 5.82 Å². The van der Waals surface area contributed by atoms with Gasteiger partial charge in [-0.25, -0.2) is 4.39 Å². The van der Waals surface area contributed by atoms with Gasteiger partial charge in [0.25, 0.3) is 0 Å². The third-order valence-corrected chi connectivity index (χ3v) is 4.37. The molecule has 1 aromatic rings. The molecule has 1 fully saturated rings. The molecule has 0 spiro atoms. The van der Waals surface area contributed by atoms with Crippen molar-refractivity contribution < 1.29 is 14.3 Å². The van der Waals surface area contributed by atoms with Gasteiger partial charge in [-0.05, 0) is 31.1 Å². The van der Waals surface area contributed by atoms with Crippen LogP contribution in [0.2, 0.25) is 5.02 Å². The van der Waals surface area contributed by atoms with Gasteiger partial charge in [-0.15, -0.1) is 0 Å². The summed E-state index contributed by atoms with van der Waals surface area (Å²) in [5.41, 5.74) is 0.00568. The number of carbonyl (C=O) groups is 1. The number of amides is 1. The molecule has 114 valence electrons. The summed E-state index contributed by atoms with van der Waals surface area (Å²) in [5.74, 6) is -0.775. The molecule has 1 saturated carbocycles. The van der Waals surface area contributed by atoms with E-state index in [4.69, 9.17) is 11.6 Å². The first kappa shape index (κ1) is 16.0. The van der Waals surface area contributed by atoms with Crippen molar-refractivity contribution in [3.63, 3.8) is 0 Å². The van der Waals surface area contributed by atoms with Crippen LogP contribution in [0.1, 0.15) is 31.2 Å². The monoisotopic (exact) mass is 311 g/mol. The lowest BCUT2D eigenvalue weighted by atomic mass is 9.87. The number of carbonyl (C=O) groups excluding carboxylic acids is 1. The normalized spacial score (nSPS) is 17.3. The molecular formula is C16H19ClFNO2. The average molecular weight is 312 g/mol. The minimum Gasteiger partial charge on any atom is -0.396 e. The van der Waals surface area contributed by atoms with E-state index in [-0.39, 0.29) is 28.5 Å². The number of rotatable bonds is 5. The minimum absolute atomic E-state index is 0.0795. The molecular weight excluding hydrogens is 293 g/mol. The molecule has 0 bridgehead atoms. The zero-order valence-electron chi connectivity index (χ0n) is 11.7. The maximum atomic E-state index is 13.5. The average Bonchev–Trinajstić information content (AvgIpc) is 2.94. The zero-order valence-corrected chi connectivity index (χ0v) is 12.5. The van der Waals surface area contributed by atoms with Gasteiger partial charge in [-0.3, -0.25) is 4.79 Å². The van der Waals surface area contributed by atoms with Crippen LogP contribution in [0.25, 0.3) is 6.08 Å². The Bertz CT molecular complexity index is 519. The Morgan fingerprint density at radius 1 is 1.43 bits per heavy atom. The topological polar surface area (TPSA) is 49.3 Å². The standard InChI is InChI=1S/C16H19ClFNO2/c17-13-4-3-5-14(18)12(13)6-7-15(21)19-10-16(11-20)8-1-2-9-16/h3-7,20H,1-2,8-11H2,(H,19,21)/b7-6+. The second-order valence-electron chi connectivity index (χ2n) is 5.55. The summed E-state index contributed by atoms with van der Waals surface area (Å²) in [6.45, 7) is 0.522. The first-order chi connectivity index (χ1) is 10.1. The molecule has 3 nitrogen and oxygen atoms in total. The highest BCUT2D eigenvalue weighted by Gasteiger charge is 2.33. The van der Waals surface area contributed by atoms with Gasteiger partial charge in [0.2, 0.25) is 5.91 Å². The molecule has 5 heteroatoms. The first-order valence-electron chi connectivity index (χ1n) is 7.07. The molecule has 1 amide bonds. The fourth-order valence-electron chi connectivity index (χ4n) is 2.68. The third-order valence-electron chi connectivity index (χ3n) is 4.04. The van der Waals surface area contributed by atoms with Crippen LogP contribution in [0.5, 0.6) is 0 Å². The summed E-state index contributed by atoms with van der Waals surface area (Å²) in [4.78, 5) is 11.8. The molecule has 1 aliphatic rings. The molecule has 0 radical (unpaired) electrons. The van der Waals surface area contributed by atoms with E-state index in [1.54, 1.807) is 6.07 Å². The van der Waals surface area contributed by atoms with Gasteiger partial charge in [0, 0.05) is 23.6 Å². The minimum atomic E-state index is -0.464. The lowest BCUT2D eigenvalue weighted by Crippen LogP contribution is -2.37. The predicted molar refractivity (Wildman–Crippen MR) is 81.4 cm³/mol. The van der Waals surface area contributed by atoms with Crippen LogP contribution in [-0.4, -0.2) is 24.2 Å². The van der Waals surface area contributed by atoms with Gasteiger partial charge < -0.3 is 10.4 Å². The molecule has 1 aromatic carbocycles. The summed E-state index contributed by atoms with van der Waals surface area (Å²) in [6.07, 6.45) is 6.64. The van der Waals surface area contributed by atoms with E-state index in [9.17, 15) is 14.3 Å². The Morgan fingerprint density at radius 2 is 2.14 bits per heavy atom. The highest BCUT2D eigenvalue weighted by molar-refractivity contribution is 6.32. The molecule has 0 heterocycles. The molecule has 2 N–H and O–H groups in total. The van der Waals surface area contributed by atoms with E-state index in [0.717, 1.165) is 25.7 Å². The predicted octanol–water partition coefficient (Wildman–Crippen LogP) is 3.16. The molecule has 2 rings (SSSR count). The summed E-state index contributed by atoms with van der Waals surface area (Å²) in [6, 6.07) is 4.38. The van der Waals surface area contributed by atoms with Gasteiger partial charge >= 0.3 is 0 Å². The van der Waals surface area contributed by atoms with Gasteiger partial charge in [0.1, 0.15) is 5.82 Å². The van der Waals surface area contributed by atoms with Crippen LogP contribution < -0.4 is 5.32 Å². The maximum absolute atomic E-state index is 13.5. The number of nitrogens with one attached hydrogen (secondary N) is 1. The highest BCUT2D eigenvalue weighted by Crippen LogP contribution is 2.36. The largest absolute Gasteiger partial charge is 0.396 e. The Balaban J connectivity index is 1.94. The highest BCUT2D eigenvalue weighted by atomic mass is 35.5. The molecule has 21 heavy (non-hydrogen) atoms. The van der Waals surface area contributed by atoms with Crippen molar-refractivity contribution in [3.05, 3.63) is 40.7 Å². The number of hydrogen-bond acceptors (Lipinski definition) is 2. The van der Waals surface area contributed by atoms with Crippen molar-refractivity contribution >= 4 is 23.6 Å². The number of aliphatic hydroxyl groups is 1. The number of hydrogen-bond donors (Lipinski definition) is 2. The maximum Gasteiger partial charge on any atom is 0.244 e. The van der Waals surface area contributed by atoms with Gasteiger partial charge in [-0.2, -0.15) is 0 Å². The van der Waals surface area contributed by atoms with Crippen molar-refractivity contribution in [1.82, 2.24) is 5.32 Å². The second-order valence-corrected chi connectivity index (χ2v) is 5.96. The molecule has 0 aliphatic heterocycles. The Kier molecular flexibility index (Phi) is 5.37. The third kappa shape index (κ3) is 4.05. The van der Waals surface area contributed by atoms with Crippen LogP contribution in [0.3, 0.4) is 0 Å².